The van der Waals surface area contributed by atoms with Crippen molar-refractivity contribution in [2.45, 2.75) is 37.3 Å². The number of carbonyl (C=O) groups excluding carboxylic acids is 2. The molecular formula is C33H29Cl2F2N7O5. The molecule has 12 nitrogen and oxygen atoms in total. The maximum absolute atomic E-state index is 15.6. The van der Waals surface area contributed by atoms with Gasteiger partial charge in [0.15, 0.2) is 0 Å². The summed E-state index contributed by atoms with van der Waals surface area (Å²) in [6, 6.07) is 6.58. The zero-order chi connectivity index (χ0) is 34.9. The Labute approximate surface area is 287 Å². The number of anilines is 1. The third-order valence-corrected chi connectivity index (χ3v) is 10.3. The molecule has 1 aliphatic carbocycles. The van der Waals surface area contributed by atoms with Crippen molar-refractivity contribution in [2.24, 2.45) is 14.1 Å². The first-order valence-corrected chi connectivity index (χ1v) is 16.1. The van der Waals surface area contributed by atoms with Crippen LogP contribution in [0.1, 0.15) is 46.9 Å². The number of aryl methyl sites for hydroxylation is 2. The van der Waals surface area contributed by atoms with Gasteiger partial charge >= 0.3 is 5.69 Å². The molecule has 1 unspecified atom stereocenters. The number of ether oxygens (including phenoxy) is 1. The van der Waals surface area contributed by atoms with E-state index in [-0.39, 0.29) is 38.8 Å². The van der Waals surface area contributed by atoms with Crippen molar-refractivity contribution >= 4 is 40.7 Å². The van der Waals surface area contributed by atoms with Crippen LogP contribution in [0.25, 0.3) is 22.4 Å². The second kappa shape index (κ2) is 12.0. The molecule has 2 N–H and O–H groups in total. The first-order chi connectivity index (χ1) is 23.3. The minimum atomic E-state index is -1.02. The number of carbonyl (C=O) groups is 2. The van der Waals surface area contributed by atoms with Gasteiger partial charge in [0.05, 0.1) is 34.1 Å². The van der Waals surface area contributed by atoms with Gasteiger partial charge in [0.1, 0.15) is 11.6 Å². The highest BCUT2D eigenvalue weighted by molar-refractivity contribution is 6.39. The van der Waals surface area contributed by atoms with E-state index in [1.807, 2.05) is 6.07 Å². The summed E-state index contributed by atoms with van der Waals surface area (Å²) in [7, 11) is 3.97. The van der Waals surface area contributed by atoms with Crippen LogP contribution in [-0.4, -0.2) is 61.8 Å². The summed E-state index contributed by atoms with van der Waals surface area (Å²) in [5.41, 5.74) is -0.835. The number of nitrogens with one attached hydrogen (secondary N) is 2. The van der Waals surface area contributed by atoms with Gasteiger partial charge in [-0.2, -0.15) is 5.10 Å². The zero-order valence-electron chi connectivity index (χ0n) is 26.5. The van der Waals surface area contributed by atoms with Crippen molar-refractivity contribution in [1.82, 2.24) is 29.5 Å². The van der Waals surface area contributed by atoms with Gasteiger partial charge in [0.2, 0.25) is 17.5 Å². The predicted molar refractivity (Wildman–Crippen MR) is 177 cm³/mol. The van der Waals surface area contributed by atoms with Crippen molar-refractivity contribution in [1.29, 1.82) is 0 Å². The standard InChI is InChI=1S/C33H29Cl2F2N7O5/c1-42-31(47)28(41-43(2)32(42)48)29(46)38-19-8-7-18(37)25(27(19)35)24-17(36)6-5-16(26(24)34)20-12-15-4-9-21(23(15)30(39-20)49-3)44-13-33(14-44)11-10-22(45)40-33/h5-8,12,21H,4,9-11,13-14H2,1-3H3,(H,38,46)(H,40,45). The molecule has 4 aromatic rings. The van der Waals surface area contributed by atoms with Gasteiger partial charge in [0.25, 0.3) is 11.5 Å². The smallest absolute Gasteiger partial charge is 0.346 e. The van der Waals surface area contributed by atoms with Gasteiger partial charge in [0, 0.05) is 61.9 Å². The fourth-order valence-corrected chi connectivity index (χ4v) is 7.72. The Morgan fingerprint density at radius 2 is 1.73 bits per heavy atom. The lowest BCUT2D eigenvalue weighted by Crippen LogP contribution is -2.67. The highest BCUT2D eigenvalue weighted by atomic mass is 35.5. The van der Waals surface area contributed by atoms with Crippen molar-refractivity contribution < 1.29 is 23.1 Å². The predicted octanol–water partition coefficient (Wildman–Crippen LogP) is 4.01. The lowest BCUT2D eigenvalue weighted by Gasteiger charge is -2.50. The Morgan fingerprint density at radius 1 is 1.04 bits per heavy atom. The number of nitrogens with zero attached hydrogens (tertiary/aromatic N) is 5. The minimum absolute atomic E-state index is 0.0517. The van der Waals surface area contributed by atoms with Crippen molar-refractivity contribution in [3.63, 3.8) is 0 Å². The normalized spacial score (nSPS) is 17.9. The summed E-state index contributed by atoms with van der Waals surface area (Å²) < 4.78 is 38.3. The molecule has 1 atom stereocenters. The molecule has 0 saturated carbocycles. The molecule has 2 aliphatic heterocycles. The molecule has 7 rings (SSSR count). The third kappa shape index (κ3) is 5.38. The Hall–Kier alpha value is -4.66. The van der Waals surface area contributed by atoms with Gasteiger partial charge in [-0.15, -0.1) is 0 Å². The molecule has 0 bridgehead atoms. The van der Waals surface area contributed by atoms with Gasteiger partial charge in [-0.3, -0.25) is 23.9 Å². The fourth-order valence-electron chi connectivity index (χ4n) is 7.08. The van der Waals surface area contributed by atoms with Crippen LogP contribution in [-0.2, 0) is 25.3 Å². The topological polar surface area (TPSA) is 140 Å². The van der Waals surface area contributed by atoms with Crippen molar-refractivity contribution in [3.8, 4) is 28.3 Å². The largest absolute Gasteiger partial charge is 0.481 e. The van der Waals surface area contributed by atoms with Crippen LogP contribution < -0.4 is 26.6 Å². The Morgan fingerprint density at radius 3 is 2.41 bits per heavy atom. The van der Waals surface area contributed by atoms with E-state index in [4.69, 9.17) is 32.9 Å². The van der Waals surface area contributed by atoms with Gasteiger partial charge in [-0.1, -0.05) is 23.2 Å². The van der Waals surface area contributed by atoms with E-state index >= 15 is 8.78 Å². The van der Waals surface area contributed by atoms with Crippen LogP contribution >= 0.6 is 23.2 Å². The minimum Gasteiger partial charge on any atom is -0.481 e. The highest BCUT2D eigenvalue weighted by Crippen LogP contribution is 2.48. The van der Waals surface area contributed by atoms with E-state index in [9.17, 15) is 19.2 Å². The number of pyridine rings is 1. The molecule has 2 aromatic heterocycles. The number of hydrogen-bond acceptors (Lipinski definition) is 8. The molecule has 2 amide bonds. The summed E-state index contributed by atoms with van der Waals surface area (Å²) in [5, 5.41) is 8.68. The van der Waals surface area contributed by atoms with E-state index < -0.39 is 40.0 Å². The van der Waals surface area contributed by atoms with E-state index in [0.29, 0.717) is 28.1 Å². The average molecular weight is 713 g/mol. The zero-order valence-corrected chi connectivity index (χ0v) is 28.0. The molecule has 2 fully saturated rings. The summed E-state index contributed by atoms with van der Waals surface area (Å²) in [5.74, 6) is -2.37. The van der Waals surface area contributed by atoms with E-state index in [1.165, 1.54) is 27.3 Å². The van der Waals surface area contributed by atoms with Gasteiger partial charge in [-0.25, -0.2) is 23.2 Å². The summed E-state index contributed by atoms with van der Waals surface area (Å²) in [6.07, 6.45) is 2.90. The monoisotopic (exact) mass is 711 g/mol. The molecule has 1 spiro atoms. The molecule has 254 valence electrons. The first-order valence-electron chi connectivity index (χ1n) is 15.4. The lowest BCUT2D eigenvalue weighted by molar-refractivity contribution is -0.121. The van der Waals surface area contributed by atoms with Crippen molar-refractivity contribution in [2.75, 3.05) is 25.5 Å². The Kier molecular flexibility index (Phi) is 8.07. The van der Waals surface area contributed by atoms with Crippen LogP contribution in [0.3, 0.4) is 0 Å². The number of halogens is 4. The Bertz CT molecular complexity index is 2220. The summed E-state index contributed by atoms with van der Waals surface area (Å²) >= 11 is 13.4. The molecule has 0 radical (unpaired) electrons. The van der Waals surface area contributed by atoms with E-state index in [0.717, 1.165) is 66.4 Å². The molecular weight excluding hydrogens is 683 g/mol. The lowest BCUT2D eigenvalue weighted by atomic mass is 9.86. The number of methoxy groups -OCH3 is 1. The number of hydrogen-bond donors (Lipinski definition) is 2. The molecule has 3 aliphatic rings. The first kappa shape index (κ1) is 32.9. The highest BCUT2D eigenvalue weighted by Gasteiger charge is 2.51. The molecule has 49 heavy (non-hydrogen) atoms. The molecule has 4 heterocycles. The van der Waals surface area contributed by atoms with Crippen LogP contribution in [0, 0.1) is 11.6 Å². The van der Waals surface area contributed by atoms with Crippen LogP contribution in [0.2, 0.25) is 10.0 Å². The number of fused-ring (bicyclic) bond motifs is 1. The fraction of sp³-hybridized carbons (Fsp3) is 0.333. The second-order valence-electron chi connectivity index (χ2n) is 12.5. The maximum Gasteiger partial charge on any atom is 0.346 e. The second-order valence-corrected chi connectivity index (χ2v) is 13.3. The van der Waals surface area contributed by atoms with Crippen LogP contribution in [0.4, 0.5) is 14.5 Å². The number of likely N-dealkylation sites (tertiary alicyclic amines) is 1. The average Bonchev–Trinajstić information content (AvgIpc) is 3.67. The Balaban J connectivity index is 1.23. The molecule has 16 heteroatoms. The number of amides is 2. The SMILES string of the molecule is COc1nc(-c2ccc(F)c(-c3c(F)ccc(NC(=O)c4nn(C)c(=O)n(C)c4=O)c3Cl)c2Cl)cc2c1C(N1CC3(CCC(=O)N3)C1)CC2. The summed E-state index contributed by atoms with van der Waals surface area (Å²) in [6.45, 7) is 1.48. The maximum atomic E-state index is 15.6. The van der Waals surface area contributed by atoms with Gasteiger partial charge < -0.3 is 15.4 Å². The van der Waals surface area contributed by atoms with E-state index in [1.54, 1.807) is 0 Å². The van der Waals surface area contributed by atoms with E-state index in [2.05, 4.69) is 20.6 Å². The molecule has 2 aromatic carbocycles. The van der Waals surface area contributed by atoms with Crippen LogP contribution in [0.5, 0.6) is 5.88 Å². The van der Waals surface area contributed by atoms with Crippen molar-refractivity contribution in [3.05, 3.63) is 89.7 Å². The number of aromatic nitrogens is 4. The van der Waals surface area contributed by atoms with Gasteiger partial charge in [-0.05, 0) is 55.2 Å². The number of rotatable bonds is 6. The summed E-state index contributed by atoms with van der Waals surface area (Å²) in [4.78, 5) is 56.5. The van der Waals surface area contributed by atoms with Crippen LogP contribution in [0.15, 0.2) is 39.9 Å². The number of benzene rings is 2. The third-order valence-electron chi connectivity index (χ3n) is 9.50. The quantitative estimate of drug-likeness (QED) is 0.306. The molecule has 2 saturated heterocycles.